The number of halogens is 2. The van der Waals surface area contributed by atoms with E-state index in [1.807, 2.05) is 6.07 Å². The number of aromatic nitrogens is 4. The van der Waals surface area contributed by atoms with Crippen LogP contribution in [0, 0.1) is 0 Å². The van der Waals surface area contributed by atoms with Crippen LogP contribution in [0.4, 0.5) is 0 Å². The van der Waals surface area contributed by atoms with Crippen LogP contribution in [0.25, 0.3) is 28.2 Å². The Morgan fingerprint density at radius 1 is 0.946 bits per heavy atom. The fraction of sp³-hybridized carbons (Fsp3) is 0.111. The van der Waals surface area contributed by atoms with Crippen molar-refractivity contribution in [3.63, 3.8) is 0 Å². The van der Waals surface area contributed by atoms with Crippen molar-refractivity contribution in [3.05, 3.63) is 115 Å². The van der Waals surface area contributed by atoms with Gasteiger partial charge in [-0.3, -0.25) is 18.5 Å². The van der Waals surface area contributed by atoms with Gasteiger partial charge in [-0.15, -0.1) is 0 Å². The summed E-state index contributed by atoms with van der Waals surface area (Å²) < 4.78 is 8.92. The Morgan fingerprint density at radius 3 is 2.27 bits per heavy atom. The summed E-state index contributed by atoms with van der Waals surface area (Å²) in [6, 6.07) is 20.8. The van der Waals surface area contributed by atoms with Crippen LogP contribution in [-0.2, 0) is 18.3 Å². The van der Waals surface area contributed by atoms with E-state index in [9.17, 15) is 14.4 Å². The van der Waals surface area contributed by atoms with Crippen molar-refractivity contribution in [3.8, 4) is 17.1 Å². The molecular weight excluding hydrogens is 515 g/mol. The van der Waals surface area contributed by atoms with Gasteiger partial charge in [0.2, 0.25) is 0 Å². The quantitative estimate of drug-likeness (QED) is 0.305. The first-order valence-corrected chi connectivity index (χ1v) is 12.0. The number of ether oxygens (including phenoxy) is 1. The molecule has 8 nitrogen and oxygen atoms in total. The number of methoxy groups -OCH3 is 1. The third-order valence-corrected chi connectivity index (χ3v) is 6.64. The molecule has 0 bridgehead atoms. The zero-order valence-electron chi connectivity index (χ0n) is 19.8. The Bertz CT molecular complexity index is 1770. The molecule has 0 saturated carbocycles. The number of nitrogens with zero attached hydrogens (tertiary/aromatic N) is 4. The fourth-order valence-corrected chi connectivity index (χ4v) is 4.51. The monoisotopic (exact) mass is 534 g/mol. The lowest BCUT2D eigenvalue weighted by Crippen LogP contribution is -2.39. The molecular formula is C27H20Cl2N4O4. The lowest BCUT2D eigenvalue weighted by molar-refractivity contribution is 0.0600. The molecule has 5 rings (SSSR count). The smallest absolute Gasteiger partial charge is 0.337 e. The fourth-order valence-electron chi connectivity index (χ4n) is 4.16. The highest BCUT2D eigenvalue weighted by molar-refractivity contribution is 6.33. The minimum Gasteiger partial charge on any atom is -0.465 e. The molecule has 0 atom stereocenters. The van der Waals surface area contributed by atoms with E-state index in [1.54, 1.807) is 71.3 Å². The van der Waals surface area contributed by atoms with Gasteiger partial charge >= 0.3 is 11.7 Å². The Hall–Kier alpha value is -4.14. The Kier molecular flexibility index (Phi) is 6.45. The molecule has 0 fully saturated rings. The summed E-state index contributed by atoms with van der Waals surface area (Å²) in [5, 5.41) is 0.977. The highest BCUT2D eigenvalue weighted by Crippen LogP contribution is 2.32. The molecule has 2 aromatic heterocycles. The van der Waals surface area contributed by atoms with E-state index < -0.39 is 17.2 Å². The number of carbonyl (C=O) groups excluding carboxylic acids is 1. The average molecular weight is 535 g/mol. The maximum atomic E-state index is 13.5. The summed E-state index contributed by atoms with van der Waals surface area (Å²) in [5.41, 5.74) is 1.73. The normalized spacial score (nSPS) is 11.1. The molecule has 37 heavy (non-hydrogen) atoms. The summed E-state index contributed by atoms with van der Waals surface area (Å²) in [6.45, 7) is 0.116. The third kappa shape index (κ3) is 4.34. The number of imidazole rings is 1. The number of fused-ring (bicyclic) bond motifs is 1. The maximum Gasteiger partial charge on any atom is 0.337 e. The molecule has 0 aliphatic carbocycles. The molecule has 10 heteroatoms. The molecule has 0 unspecified atom stereocenters. The predicted molar refractivity (Wildman–Crippen MR) is 143 cm³/mol. The van der Waals surface area contributed by atoms with Crippen LogP contribution < -0.4 is 11.2 Å². The Morgan fingerprint density at radius 2 is 1.62 bits per heavy atom. The average Bonchev–Trinajstić information content (AvgIpc) is 3.30. The first-order valence-electron chi connectivity index (χ1n) is 11.2. The van der Waals surface area contributed by atoms with E-state index >= 15 is 0 Å². The van der Waals surface area contributed by atoms with Gasteiger partial charge in [0.25, 0.3) is 5.56 Å². The third-order valence-electron chi connectivity index (χ3n) is 6.06. The summed E-state index contributed by atoms with van der Waals surface area (Å²) in [5.74, 6) is -0.0558. The predicted octanol–water partition coefficient (Wildman–Crippen LogP) is 4.69. The van der Waals surface area contributed by atoms with E-state index in [0.29, 0.717) is 32.7 Å². The number of esters is 1. The molecule has 0 N–H and O–H groups in total. The van der Waals surface area contributed by atoms with Gasteiger partial charge in [-0.05, 0) is 54.1 Å². The van der Waals surface area contributed by atoms with E-state index in [2.05, 4.69) is 0 Å². The van der Waals surface area contributed by atoms with Crippen LogP contribution in [0.1, 0.15) is 15.9 Å². The van der Waals surface area contributed by atoms with Crippen LogP contribution in [-0.4, -0.2) is 31.8 Å². The highest BCUT2D eigenvalue weighted by atomic mass is 35.5. The molecule has 186 valence electrons. The van der Waals surface area contributed by atoms with Gasteiger partial charge < -0.3 is 4.74 Å². The summed E-state index contributed by atoms with van der Waals surface area (Å²) in [7, 11) is 2.74. The topological polar surface area (TPSA) is 88.1 Å². The van der Waals surface area contributed by atoms with Gasteiger partial charge in [-0.1, -0.05) is 47.5 Å². The van der Waals surface area contributed by atoms with Crippen LogP contribution >= 0.6 is 23.2 Å². The van der Waals surface area contributed by atoms with Crippen molar-refractivity contribution in [2.24, 2.45) is 7.05 Å². The van der Waals surface area contributed by atoms with E-state index in [1.165, 1.54) is 18.7 Å². The van der Waals surface area contributed by atoms with Crippen LogP contribution in [0.2, 0.25) is 10.0 Å². The van der Waals surface area contributed by atoms with Gasteiger partial charge in [-0.2, -0.15) is 0 Å². The second-order valence-electron chi connectivity index (χ2n) is 8.32. The van der Waals surface area contributed by atoms with Gasteiger partial charge in [0.15, 0.2) is 11.2 Å². The first-order chi connectivity index (χ1) is 17.8. The molecule has 5 aromatic rings. The lowest BCUT2D eigenvalue weighted by atomic mass is 10.1. The molecule has 0 spiro atoms. The SMILES string of the molecule is COC(=O)c1ccc(Cn2c(=O)n(C)c(=O)c3c2nc(-c2ccccc2Cl)n3-c2ccc(Cl)cc2)cc1. The summed E-state index contributed by atoms with van der Waals surface area (Å²) in [4.78, 5) is 43.4. The lowest BCUT2D eigenvalue weighted by Gasteiger charge is -2.12. The van der Waals surface area contributed by atoms with Gasteiger partial charge in [-0.25, -0.2) is 14.6 Å². The highest BCUT2D eigenvalue weighted by Gasteiger charge is 2.23. The largest absolute Gasteiger partial charge is 0.465 e. The zero-order chi connectivity index (χ0) is 26.3. The number of hydrogen-bond acceptors (Lipinski definition) is 5. The Balaban J connectivity index is 1.80. The minimum absolute atomic E-state index is 0.116. The maximum absolute atomic E-state index is 13.5. The van der Waals surface area contributed by atoms with Crippen molar-refractivity contribution < 1.29 is 9.53 Å². The van der Waals surface area contributed by atoms with Gasteiger partial charge in [0.1, 0.15) is 5.82 Å². The van der Waals surface area contributed by atoms with Crippen LogP contribution in [0.5, 0.6) is 0 Å². The second kappa shape index (κ2) is 9.72. The van der Waals surface area contributed by atoms with E-state index in [4.69, 9.17) is 32.9 Å². The molecule has 0 amide bonds. The van der Waals surface area contributed by atoms with Crippen molar-refractivity contribution >= 4 is 40.3 Å². The molecule has 0 radical (unpaired) electrons. The van der Waals surface area contributed by atoms with Crippen molar-refractivity contribution in [1.82, 2.24) is 18.7 Å². The van der Waals surface area contributed by atoms with Crippen molar-refractivity contribution in [2.45, 2.75) is 6.54 Å². The minimum atomic E-state index is -0.527. The van der Waals surface area contributed by atoms with E-state index in [-0.39, 0.29) is 17.7 Å². The molecule has 2 heterocycles. The number of rotatable bonds is 5. The number of benzene rings is 3. The van der Waals surface area contributed by atoms with E-state index in [0.717, 1.165) is 10.1 Å². The molecule has 3 aromatic carbocycles. The standard InChI is InChI=1S/C27H20Cl2N4O4/c1-31-25(34)22-24(32(27(31)36)15-16-7-9-17(10-8-16)26(35)37-2)30-23(20-5-3-4-6-21(20)29)33(22)19-13-11-18(28)12-14-19/h3-14H,15H2,1-2H3. The molecule has 0 saturated heterocycles. The van der Waals surface area contributed by atoms with Gasteiger partial charge in [0.05, 0.1) is 24.2 Å². The van der Waals surface area contributed by atoms with Crippen molar-refractivity contribution in [1.29, 1.82) is 0 Å². The van der Waals surface area contributed by atoms with Crippen molar-refractivity contribution in [2.75, 3.05) is 7.11 Å². The van der Waals surface area contributed by atoms with Gasteiger partial charge in [0, 0.05) is 23.3 Å². The Labute approximate surface area is 220 Å². The molecule has 0 aliphatic rings. The second-order valence-corrected chi connectivity index (χ2v) is 9.16. The number of carbonyl (C=O) groups is 1. The summed E-state index contributed by atoms with van der Waals surface area (Å²) >= 11 is 12.7. The van der Waals surface area contributed by atoms with Crippen LogP contribution in [0.15, 0.2) is 82.4 Å². The molecule has 0 aliphatic heterocycles. The van der Waals surface area contributed by atoms with Crippen LogP contribution in [0.3, 0.4) is 0 Å². The summed E-state index contributed by atoms with van der Waals surface area (Å²) in [6.07, 6.45) is 0. The number of hydrogen-bond donors (Lipinski definition) is 0. The first kappa shape index (κ1) is 24.5. The zero-order valence-corrected chi connectivity index (χ0v) is 21.3.